The molecule has 0 atom stereocenters. The van der Waals surface area contributed by atoms with Crippen molar-refractivity contribution in [2.24, 2.45) is 5.41 Å². The minimum atomic E-state index is -0.378. The van der Waals surface area contributed by atoms with Gasteiger partial charge in [0.25, 0.3) is 0 Å². The van der Waals surface area contributed by atoms with Gasteiger partial charge >= 0.3 is 5.97 Å². The van der Waals surface area contributed by atoms with Crippen molar-refractivity contribution in [3.8, 4) is 5.75 Å². The van der Waals surface area contributed by atoms with Crippen LogP contribution in [0.1, 0.15) is 60.8 Å². The van der Waals surface area contributed by atoms with Crippen molar-refractivity contribution in [2.75, 3.05) is 5.32 Å². The number of benzene rings is 1. The monoisotopic (exact) mass is 433 g/mol. The zero-order chi connectivity index (χ0) is 23.7. The maximum Gasteiger partial charge on any atom is 0.308 e. The van der Waals surface area contributed by atoms with Crippen LogP contribution in [0.3, 0.4) is 0 Å². The van der Waals surface area contributed by atoms with Crippen LogP contribution in [0.4, 0.5) is 5.69 Å². The van der Waals surface area contributed by atoms with Gasteiger partial charge in [-0.15, -0.1) is 0 Å². The van der Waals surface area contributed by atoms with E-state index in [1.165, 1.54) is 37.3 Å². The second kappa shape index (κ2) is 11.5. The highest BCUT2D eigenvalue weighted by Crippen LogP contribution is 2.40. The molecule has 170 valence electrons. The SMILES string of the molecule is CC(=O)Oc1ccc(NC(=O)C=C(C)C=CC=C(C)C=CC2=C(C)CCCC2(C)C)cc1. The summed E-state index contributed by atoms with van der Waals surface area (Å²) in [5.41, 5.74) is 5.82. The molecule has 0 aliphatic heterocycles. The van der Waals surface area contributed by atoms with Gasteiger partial charge in [0.2, 0.25) is 5.91 Å². The summed E-state index contributed by atoms with van der Waals surface area (Å²) in [5, 5.41) is 2.80. The molecule has 1 amide bonds. The number of amides is 1. The summed E-state index contributed by atoms with van der Waals surface area (Å²) >= 11 is 0. The molecule has 0 fully saturated rings. The van der Waals surface area contributed by atoms with E-state index in [-0.39, 0.29) is 17.3 Å². The van der Waals surface area contributed by atoms with Gasteiger partial charge in [-0.25, -0.2) is 0 Å². The lowest BCUT2D eigenvalue weighted by Crippen LogP contribution is -2.19. The Balaban J connectivity index is 1.93. The fraction of sp³-hybridized carbons (Fsp3) is 0.357. The third-order valence-electron chi connectivity index (χ3n) is 5.52. The molecule has 1 aromatic carbocycles. The normalized spacial score (nSPS) is 17.2. The molecule has 4 heteroatoms. The first-order valence-corrected chi connectivity index (χ1v) is 11.1. The van der Waals surface area contributed by atoms with E-state index in [4.69, 9.17) is 4.74 Å². The number of anilines is 1. The predicted molar refractivity (Wildman–Crippen MR) is 133 cm³/mol. The van der Waals surface area contributed by atoms with Crippen LogP contribution in [0, 0.1) is 5.41 Å². The minimum absolute atomic E-state index is 0.213. The molecule has 1 aliphatic rings. The maximum atomic E-state index is 12.2. The van der Waals surface area contributed by atoms with Crippen LogP contribution in [-0.4, -0.2) is 11.9 Å². The van der Waals surface area contributed by atoms with Gasteiger partial charge in [0, 0.05) is 18.7 Å². The summed E-state index contributed by atoms with van der Waals surface area (Å²) in [6, 6.07) is 6.66. The van der Waals surface area contributed by atoms with Crippen LogP contribution >= 0.6 is 0 Å². The lowest BCUT2D eigenvalue weighted by Gasteiger charge is -2.32. The molecule has 0 heterocycles. The van der Waals surface area contributed by atoms with Crippen molar-refractivity contribution < 1.29 is 14.3 Å². The van der Waals surface area contributed by atoms with Crippen molar-refractivity contribution in [3.05, 3.63) is 83.0 Å². The molecule has 1 aromatic rings. The number of rotatable bonds is 7. The van der Waals surface area contributed by atoms with Gasteiger partial charge in [0.05, 0.1) is 0 Å². The fourth-order valence-corrected chi connectivity index (χ4v) is 3.84. The Morgan fingerprint density at radius 3 is 2.34 bits per heavy atom. The molecule has 4 nitrogen and oxygen atoms in total. The van der Waals surface area contributed by atoms with Gasteiger partial charge < -0.3 is 10.1 Å². The highest BCUT2D eigenvalue weighted by atomic mass is 16.5. The average molecular weight is 434 g/mol. The van der Waals surface area contributed by atoms with Crippen LogP contribution in [-0.2, 0) is 9.59 Å². The van der Waals surface area contributed by atoms with Crippen LogP contribution in [0.5, 0.6) is 5.75 Å². The topological polar surface area (TPSA) is 55.4 Å². The van der Waals surface area contributed by atoms with Crippen molar-refractivity contribution in [1.29, 1.82) is 0 Å². The van der Waals surface area contributed by atoms with E-state index in [0.29, 0.717) is 11.4 Å². The molecule has 1 aliphatic carbocycles. The van der Waals surface area contributed by atoms with E-state index in [0.717, 1.165) is 11.1 Å². The molecule has 0 radical (unpaired) electrons. The quantitative estimate of drug-likeness (QED) is 0.216. The van der Waals surface area contributed by atoms with Crippen molar-refractivity contribution in [1.82, 2.24) is 0 Å². The van der Waals surface area contributed by atoms with E-state index in [1.54, 1.807) is 30.3 Å². The highest BCUT2D eigenvalue weighted by molar-refractivity contribution is 6.00. The average Bonchev–Trinajstić information content (AvgIpc) is 2.68. The van der Waals surface area contributed by atoms with Gasteiger partial charge in [-0.1, -0.05) is 55.4 Å². The summed E-state index contributed by atoms with van der Waals surface area (Å²) in [4.78, 5) is 23.2. The number of esters is 1. The maximum absolute atomic E-state index is 12.2. The molecule has 2 rings (SSSR count). The summed E-state index contributed by atoms with van der Waals surface area (Å²) in [6.07, 6.45) is 15.6. The number of hydrogen-bond acceptors (Lipinski definition) is 3. The first-order valence-electron chi connectivity index (χ1n) is 11.1. The Bertz CT molecular complexity index is 986. The van der Waals surface area contributed by atoms with Crippen molar-refractivity contribution >= 4 is 17.6 Å². The summed E-state index contributed by atoms with van der Waals surface area (Å²) < 4.78 is 4.98. The zero-order valence-electron chi connectivity index (χ0n) is 20.1. The van der Waals surface area contributed by atoms with Gasteiger partial charge in [-0.2, -0.15) is 0 Å². The number of ether oxygens (including phenoxy) is 1. The van der Waals surface area contributed by atoms with Crippen molar-refractivity contribution in [2.45, 2.75) is 60.8 Å². The predicted octanol–water partition coefficient (Wildman–Crippen LogP) is 7.08. The Morgan fingerprint density at radius 1 is 1.03 bits per heavy atom. The smallest absolute Gasteiger partial charge is 0.308 e. The standard InChI is InChI=1S/C28H35NO3/c1-20(12-17-26-22(3)11-8-18-28(26,5)6)9-7-10-21(2)19-27(31)29-24-13-15-25(16-14-24)32-23(4)30/h7,9-10,12-17,19H,8,11,18H2,1-6H3,(H,29,31). The lowest BCUT2D eigenvalue weighted by atomic mass is 9.72. The third-order valence-corrected chi connectivity index (χ3v) is 5.52. The van der Waals surface area contributed by atoms with E-state index in [1.807, 2.05) is 25.2 Å². The van der Waals surface area contributed by atoms with Crippen LogP contribution in [0.2, 0.25) is 0 Å². The van der Waals surface area contributed by atoms with Crippen LogP contribution in [0.15, 0.2) is 83.0 Å². The van der Waals surface area contributed by atoms with E-state index < -0.39 is 0 Å². The Labute approximate surface area is 192 Å². The number of hydrogen-bond donors (Lipinski definition) is 1. The molecule has 0 saturated heterocycles. The molecular weight excluding hydrogens is 398 g/mol. The lowest BCUT2D eigenvalue weighted by molar-refractivity contribution is -0.131. The van der Waals surface area contributed by atoms with Crippen molar-refractivity contribution in [3.63, 3.8) is 0 Å². The number of allylic oxidation sites excluding steroid dienone is 9. The Morgan fingerprint density at radius 2 is 1.72 bits per heavy atom. The number of nitrogens with one attached hydrogen (secondary N) is 1. The molecule has 0 bridgehead atoms. The molecule has 0 unspecified atom stereocenters. The second-order valence-corrected chi connectivity index (χ2v) is 9.03. The molecule has 0 spiro atoms. The van der Waals surface area contributed by atoms with Gasteiger partial charge in [-0.3, -0.25) is 9.59 Å². The van der Waals surface area contributed by atoms with E-state index >= 15 is 0 Å². The first-order chi connectivity index (χ1) is 15.1. The van der Waals surface area contributed by atoms with Gasteiger partial charge in [0.15, 0.2) is 0 Å². The molecule has 1 N–H and O–H groups in total. The van der Waals surface area contributed by atoms with Crippen LogP contribution in [0.25, 0.3) is 0 Å². The zero-order valence-corrected chi connectivity index (χ0v) is 20.1. The summed E-state index contributed by atoms with van der Waals surface area (Å²) in [6.45, 7) is 12.2. The molecule has 32 heavy (non-hydrogen) atoms. The highest BCUT2D eigenvalue weighted by Gasteiger charge is 2.26. The third kappa shape index (κ3) is 8.18. The number of carbonyl (C=O) groups is 2. The number of carbonyl (C=O) groups excluding carboxylic acids is 2. The Hall–Kier alpha value is -3.14. The van der Waals surface area contributed by atoms with E-state index in [9.17, 15) is 9.59 Å². The van der Waals surface area contributed by atoms with Gasteiger partial charge in [0.1, 0.15) is 5.75 Å². The first kappa shape index (κ1) is 25.1. The molecule has 0 aromatic heterocycles. The molecular formula is C28H35NO3. The summed E-state index contributed by atoms with van der Waals surface area (Å²) in [7, 11) is 0. The second-order valence-electron chi connectivity index (χ2n) is 9.03. The summed E-state index contributed by atoms with van der Waals surface area (Å²) in [5.74, 6) is -0.147. The van der Waals surface area contributed by atoms with Gasteiger partial charge in [-0.05, 0) is 80.9 Å². The minimum Gasteiger partial charge on any atom is -0.427 e. The fourth-order valence-electron chi connectivity index (χ4n) is 3.84. The molecule has 0 saturated carbocycles. The largest absolute Gasteiger partial charge is 0.427 e. The van der Waals surface area contributed by atoms with Crippen LogP contribution < -0.4 is 10.1 Å². The van der Waals surface area contributed by atoms with E-state index in [2.05, 4.69) is 45.2 Å². The Kier molecular flexibility index (Phi) is 9.01.